The molecule has 3 aromatic carbocycles. The maximum absolute atomic E-state index is 13.6. The molecule has 5 nitrogen and oxygen atoms in total. The van der Waals surface area contributed by atoms with E-state index in [1.165, 1.54) is 4.31 Å². The summed E-state index contributed by atoms with van der Waals surface area (Å²) >= 11 is 3.36. The fourth-order valence-corrected chi connectivity index (χ4v) is 5.59. The van der Waals surface area contributed by atoms with Gasteiger partial charge in [0.25, 0.3) is 5.56 Å². The molecule has 0 unspecified atom stereocenters. The summed E-state index contributed by atoms with van der Waals surface area (Å²) in [5, 5.41) is 0.879. The fraction of sp³-hybridized carbons (Fsp3) is 0.192. The van der Waals surface area contributed by atoms with Gasteiger partial charge in [0.1, 0.15) is 0 Å². The Labute approximate surface area is 202 Å². The molecule has 0 aliphatic rings. The van der Waals surface area contributed by atoms with Crippen molar-refractivity contribution in [1.82, 2.24) is 9.29 Å². The van der Waals surface area contributed by atoms with Crippen LogP contribution >= 0.6 is 15.9 Å². The Balaban J connectivity index is 1.73. The van der Waals surface area contributed by atoms with Crippen LogP contribution in [0, 0.1) is 13.8 Å². The van der Waals surface area contributed by atoms with Gasteiger partial charge in [0.15, 0.2) is 0 Å². The molecule has 0 atom stereocenters. The molecule has 0 aliphatic heterocycles. The quantitative estimate of drug-likeness (QED) is 0.354. The topological polar surface area (TPSA) is 70.2 Å². The third-order valence-corrected chi connectivity index (χ3v) is 8.24. The molecule has 0 fully saturated rings. The highest BCUT2D eigenvalue weighted by atomic mass is 79.9. The summed E-state index contributed by atoms with van der Waals surface area (Å²) < 4.78 is 29.4. The molecule has 7 heteroatoms. The number of pyridine rings is 1. The zero-order valence-corrected chi connectivity index (χ0v) is 20.9. The summed E-state index contributed by atoms with van der Waals surface area (Å²) in [4.78, 5) is 16.0. The number of aryl methyl sites for hydroxylation is 2. The summed E-state index contributed by atoms with van der Waals surface area (Å²) in [7, 11) is -3.82. The molecular formula is C26H25BrN2O3S. The first-order chi connectivity index (χ1) is 15.8. The number of nitrogens with one attached hydrogen (secondary N) is 1. The molecule has 0 aliphatic carbocycles. The number of hydrogen-bond acceptors (Lipinski definition) is 3. The standard InChI is InChI=1S/C26H25BrN2O3S/c1-18-6-3-4-8-20(18)14-15-29(33(31,32)24-12-10-23(27)11-13-24)17-22-16-21-9-5-7-19(2)25(21)28-26(22)30/h3-13,16H,14-15,17H2,1-2H3,(H,28,30). The minimum absolute atomic E-state index is 0.0104. The van der Waals surface area contributed by atoms with Crippen molar-refractivity contribution in [3.8, 4) is 0 Å². The van der Waals surface area contributed by atoms with Crippen LogP contribution in [0.2, 0.25) is 0 Å². The summed E-state index contributed by atoms with van der Waals surface area (Å²) in [5.41, 5.74) is 4.07. The normalized spacial score (nSPS) is 11.9. The molecule has 0 bridgehead atoms. The highest BCUT2D eigenvalue weighted by Crippen LogP contribution is 2.22. The molecule has 0 spiro atoms. The minimum Gasteiger partial charge on any atom is -0.321 e. The van der Waals surface area contributed by atoms with Crippen LogP contribution in [0.4, 0.5) is 0 Å². The van der Waals surface area contributed by atoms with Crippen LogP contribution in [0.25, 0.3) is 10.9 Å². The molecule has 0 radical (unpaired) electrons. The van der Waals surface area contributed by atoms with Gasteiger partial charge in [-0.2, -0.15) is 4.31 Å². The van der Waals surface area contributed by atoms with Gasteiger partial charge in [-0.05, 0) is 72.7 Å². The van der Waals surface area contributed by atoms with E-state index in [1.807, 2.05) is 56.3 Å². The highest BCUT2D eigenvalue weighted by Gasteiger charge is 2.26. The van der Waals surface area contributed by atoms with E-state index in [1.54, 1.807) is 30.3 Å². The van der Waals surface area contributed by atoms with Gasteiger partial charge < -0.3 is 4.98 Å². The van der Waals surface area contributed by atoms with E-state index in [4.69, 9.17) is 0 Å². The van der Waals surface area contributed by atoms with Crippen LogP contribution in [0.1, 0.15) is 22.3 Å². The van der Waals surface area contributed by atoms with Gasteiger partial charge >= 0.3 is 0 Å². The molecule has 4 rings (SSSR count). The lowest BCUT2D eigenvalue weighted by Crippen LogP contribution is -2.34. The fourth-order valence-electron chi connectivity index (χ4n) is 3.91. The number of aromatic nitrogens is 1. The van der Waals surface area contributed by atoms with Crippen LogP contribution in [0.15, 0.2) is 87.0 Å². The van der Waals surface area contributed by atoms with Crippen molar-refractivity contribution < 1.29 is 8.42 Å². The van der Waals surface area contributed by atoms with E-state index in [-0.39, 0.29) is 23.5 Å². The number of aromatic amines is 1. The molecule has 4 aromatic rings. The van der Waals surface area contributed by atoms with Gasteiger partial charge in [0, 0.05) is 23.1 Å². The third-order valence-electron chi connectivity index (χ3n) is 5.85. The third kappa shape index (κ3) is 5.11. The predicted molar refractivity (Wildman–Crippen MR) is 136 cm³/mol. The number of nitrogens with zero attached hydrogens (tertiary/aromatic N) is 1. The Morgan fingerprint density at radius 3 is 2.30 bits per heavy atom. The maximum atomic E-state index is 13.6. The smallest absolute Gasteiger partial charge is 0.252 e. The van der Waals surface area contributed by atoms with Crippen molar-refractivity contribution >= 4 is 36.9 Å². The van der Waals surface area contributed by atoms with Gasteiger partial charge in [0.2, 0.25) is 10.0 Å². The van der Waals surface area contributed by atoms with Crippen molar-refractivity contribution in [2.45, 2.75) is 31.7 Å². The molecule has 1 aromatic heterocycles. The van der Waals surface area contributed by atoms with E-state index in [9.17, 15) is 13.2 Å². The van der Waals surface area contributed by atoms with Crippen LogP contribution in [0.5, 0.6) is 0 Å². The predicted octanol–water partition coefficient (Wildman–Crippen LogP) is 5.34. The van der Waals surface area contributed by atoms with Gasteiger partial charge in [-0.15, -0.1) is 0 Å². The number of rotatable bonds is 7. The molecule has 33 heavy (non-hydrogen) atoms. The minimum atomic E-state index is -3.82. The summed E-state index contributed by atoms with van der Waals surface area (Å²) in [6.07, 6.45) is 0.549. The summed E-state index contributed by atoms with van der Waals surface area (Å²) in [6.45, 7) is 4.20. The summed E-state index contributed by atoms with van der Waals surface area (Å²) in [6, 6.07) is 22.1. The summed E-state index contributed by atoms with van der Waals surface area (Å²) in [5.74, 6) is 0. The zero-order valence-electron chi connectivity index (χ0n) is 18.5. The lowest BCUT2D eigenvalue weighted by atomic mass is 10.1. The first-order valence-corrected chi connectivity index (χ1v) is 12.9. The zero-order chi connectivity index (χ0) is 23.6. The van der Waals surface area contributed by atoms with Crippen molar-refractivity contribution in [1.29, 1.82) is 0 Å². The average molecular weight is 525 g/mol. The van der Waals surface area contributed by atoms with E-state index < -0.39 is 10.0 Å². The lowest BCUT2D eigenvalue weighted by molar-refractivity contribution is 0.408. The average Bonchev–Trinajstić information content (AvgIpc) is 2.79. The molecular weight excluding hydrogens is 500 g/mol. The van der Waals surface area contributed by atoms with Gasteiger partial charge in [-0.25, -0.2) is 8.42 Å². The van der Waals surface area contributed by atoms with Gasteiger partial charge in [-0.3, -0.25) is 4.79 Å². The second kappa shape index (κ2) is 9.63. The first-order valence-electron chi connectivity index (χ1n) is 10.7. The molecule has 0 amide bonds. The van der Waals surface area contributed by atoms with E-state index in [0.717, 1.165) is 32.1 Å². The maximum Gasteiger partial charge on any atom is 0.252 e. The Morgan fingerprint density at radius 2 is 1.58 bits per heavy atom. The molecule has 170 valence electrons. The number of fused-ring (bicyclic) bond motifs is 1. The van der Waals surface area contributed by atoms with Gasteiger partial charge in [0.05, 0.1) is 10.4 Å². The number of halogens is 1. The molecule has 1 N–H and O–H groups in total. The SMILES string of the molecule is Cc1ccccc1CCN(Cc1cc2cccc(C)c2[nH]c1=O)S(=O)(=O)c1ccc(Br)cc1. The number of H-pyrrole nitrogens is 1. The Morgan fingerprint density at radius 1 is 0.879 bits per heavy atom. The number of sulfonamides is 1. The molecule has 1 heterocycles. The van der Waals surface area contributed by atoms with Crippen molar-refractivity contribution in [2.24, 2.45) is 0 Å². The van der Waals surface area contributed by atoms with Crippen molar-refractivity contribution in [3.05, 3.63) is 110 Å². The van der Waals surface area contributed by atoms with Crippen LogP contribution in [-0.2, 0) is 23.0 Å². The Bertz CT molecular complexity index is 1460. The van der Waals surface area contributed by atoms with Crippen molar-refractivity contribution in [2.75, 3.05) is 6.54 Å². The number of hydrogen-bond donors (Lipinski definition) is 1. The van der Waals surface area contributed by atoms with Crippen LogP contribution in [-0.4, -0.2) is 24.3 Å². The largest absolute Gasteiger partial charge is 0.321 e. The van der Waals surface area contributed by atoms with Crippen LogP contribution < -0.4 is 5.56 Å². The highest BCUT2D eigenvalue weighted by molar-refractivity contribution is 9.10. The number of para-hydroxylation sites is 1. The molecule has 0 saturated heterocycles. The Kier molecular flexibility index (Phi) is 6.83. The second-order valence-corrected chi connectivity index (χ2v) is 11.0. The lowest BCUT2D eigenvalue weighted by Gasteiger charge is -2.23. The van der Waals surface area contributed by atoms with Gasteiger partial charge in [-0.1, -0.05) is 58.4 Å². The molecule has 0 saturated carbocycles. The van der Waals surface area contributed by atoms with E-state index >= 15 is 0 Å². The van der Waals surface area contributed by atoms with E-state index in [0.29, 0.717) is 12.0 Å². The van der Waals surface area contributed by atoms with Crippen molar-refractivity contribution in [3.63, 3.8) is 0 Å². The second-order valence-electron chi connectivity index (χ2n) is 8.13. The monoisotopic (exact) mass is 524 g/mol. The number of benzene rings is 3. The Hall–Kier alpha value is -2.74. The van der Waals surface area contributed by atoms with E-state index in [2.05, 4.69) is 20.9 Å². The van der Waals surface area contributed by atoms with Crippen LogP contribution in [0.3, 0.4) is 0 Å². The first kappa shape index (κ1) is 23.4.